The van der Waals surface area contributed by atoms with E-state index in [-0.39, 0.29) is 26.4 Å². The fourth-order valence-electron chi connectivity index (χ4n) is 2.47. The van der Waals surface area contributed by atoms with Crippen LogP contribution in [0.3, 0.4) is 0 Å². The topological polar surface area (TPSA) is 139 Å². The van der Waals surface area contributed by atoms with Crippen LogP contribution in [-0.4, -0.2) is 51.0 Å². The molecule has 0 aliphatic rings. The Kier molecular flexibility index (Phi) is 8.19. The van der Waals surface area contributed by atoms with Gasteiger partial charge in [0, 0.05) is 47.7 Å². The number of rotatable bonds is 7. The van der Waals surface area contributed by atoms with Crippen molar-refractivity contribution in [3.63, 3.8) is 0 Å². The Balaban J connectivity index is 2.71. The van der Waals surface area contributed by atoms with Gasteiger partial charge < -0.3 is 10.0 Å². The Morgan fingerprint density at radius 1 is 1.34 bits per heavy atom. The summed E-state index contributed by atoms with van der Waals surface area (Å²) in [5.74, 6) is 0.0714. The molecule has 0 fully saturated rings. The summed E-state index contributed by atoms with van der Waals surface area (Å²) in [7, 11) is -0.768. The summed E-state index contributed by atoms with van der Waals surface area (Å²) >= 11 is 6.89. The number of aromatic nitrogens is 1. The SMILES string of the molecule is Cc1cc(S(=O)(=O)N=C(C(=C=N)C#N)[n+]2ccc(N(C)C)cc2)c(SCC(=O)O)cc1Cl. The third-order valence-electron chi connectivity index (χ3n) is 4.09. The van der Waals surface area contributed by atoms with Crippen molar-refractivity contribution in [2.75, 3.05) is 24.7 Å². The first kappa shape index (κ1) is 25.1. The van der Waals surface area contributed by atoms with E-state index in [1.807, 2.05) is 24.9 Å². The molecule has 0 atom stereocenters. The normalized spacial score (nSPS) is 11.4. The molecule has 9 nitrogen and oxygen atoms in total. The van der Waals surface area contributed by atoms with Gasteiger partial charge in [-0.25, -0.2) is 4.57 Å². The van der Waals surface area contributed by atoms with Gasteiger partial charge in [0.25, 0.3) is 0 Å². The van der Waals surface area contributed by atoms with Crippen LogP contribution in [0.1, 0.15) is 5.56 Å². The lowest BCUT2D eigenvalue weighted by Gasteiger charge is -2.11. The zero-order valence-corrected chi connectivity index (χ0v) is 19.7. The molecular formula is C20H19ClN5O4S2+. The van der Waals surface area contributed by atoms with Crippen molar-refractivity contribution >= 4 is 56.7 Å². The molecule has 0 radical (unpaired) electrons. The van der Waals surface area contributed by atoms with E-state index in [0.29, 0.717) is 5.56 Å². The molecule has 0 spiro atoms. The maximum Gasteiger partial charge on any atom is 0.371 e. The highest BCUT2D eigenvalue weighted by Crippen LogP contribution is 2.33. The van der Waals surface area contributed by atoms with Gasteiger partial charge in [0.2, 0.25) is 5.57 Å². The second kappa shape index (κ2) is 10.4. The predicted octanol–water partition coefficient (Wildman–Crippen LogP) is 2.51. The Labute approximate surface area is 194 Å². The van der Waals surface area contributed by atoms with Crippen LogP contribution in [0.2, 0.25) is 5.02 Å². The van der Waals surface area contributed by atoms with Crippen LogP contribution in [0, 0.1) is 23.7 Å². The van der Waals surface area contributed by atoms with E-state index in [4.69, 9.17) is 22.1 Å². The number of aryl methyl sites for hydroxylation is 1. The van der Waals surface area contributed by atoms with Crippen LogP contribution in [0.5, 0.6) is 0 Å². The maximum absolute atomic E-state index is 13.2. The summed E-state index contributed by atoms with van der Waals surface area (Å²) in [6.07, 6.45) is 3.01. The first-order chi connectivity index (χ1) is 15.0. The lowest BCUT2D eigenvalue weighted by atomic mass is 10.2. The Morgan fingerprint density at radius 3 is 2.47 bits per heavy atom. The molecule has 166 valence electrons. The quantitative estimate of drug-likeness (QED) is 0.199. The minimum Gasteiger partial charge on any atom is -0.481 e. The highest BCUT2D eigenvalue weighted by Gasteiger charge is 2.30. The van der Waals surface area contributed by atoms with Gasteiger partial charge in [-0.2, -0.15) is 13.7 Å². The van der Waals surface area contributed by atoms with E-state index >= 15 is 0 Å². The van der Waals surface area contributed by atoms with Crippen LogP contribution < -0.4 is 9.47 Å². The fraction of sp³-hybridized carbons (Fsp3) is 0.200. The molecular weight excluding hydrogens is 474 g/mol. The Bertz CT molecular complexity index is 1280. The van der Waals surface area contributed by atoms with Crippen LogP contribution >= 0.6 is 23.4 Å². The molecule has 0 saturated carbocycles. The smallest absolute Gasteiger partial charge is 0.371 e. The Hall–Kier alpha value is -3.16. The number of halogens is 1. The lowest BCUT2D eigenvalue weighted by Crippen LogP contribution is -2.44. The second-order valence-corrected chi connectivity index (χ2v) is 9.59. The maximum atomic E-state index is 13.2. The molecule has 32 heavy (non-hydrogen) atoms. The number of benzene rings is 1. The number of allylic oxidation sites excluding steroid dienone is 1. The van der Waals surface area contributed by atoms with Gasteiger partial charge in [0.1, 0.15) is 11.0 Å². The van der Waals surface area contributed by atoms with Gasteiger partial charge in [0.15, 0.2) is 0 Å². The van der Waals surface area contributed by atoms with Crippen molar-refractivity contribution in [3.05, 3.63) is 52.8 Å². The Morgan fingerprint density at radius 2 is 1.97 bits per heavy atom. The lowest BCUT2D eigenvalue weighted by molar-refractivity contribution is -0.554. The highest BCUT2D eigenvalue weighted by molar-refractivity contribution is 8.00. The van der Waals surface area contributed by atoms with Crippen molar-refractivity contribution in [2.24, 2.45) is 4.40 Å². The van der Waals surface area contributed by atoms with E-state index in [1.54, 1.807) is 25.1 Å². The van der Waals surface area contributed by atoms with E-state index in [0.717, 1.165) is 17.4 Å². The zero-order chi connectivity index (χ0) is 24.1. The minimum absolute atomic E-state index is 0.108. The third-order valence-corrected chi connectivity index (χ3v) is 6.98. The molecule has 0 amide bonds. The molecule has 1 aromatic carbocycles. The number of carboxylic acids is 1. The molecule has 0 unspecified atom stereocenters. The van der Waals surface area contributed by atoms with E-state index < -0.39 is 21.6 Å². The average molecular weight is 493 g/mol. The number of sulfonamides is 1. The van der Waals surface area contributed by atoms with Crippen molar-refractivity contribution in [3.8, 4) is 6.07 Å². The molecule has 1 aromatic heterocycles. The number of carbonyl (C=O) groups is 1. The largest absolute Gasteiger partial charge is 0.481 e. The number of hydrogen-bond donors (Lipinski definition) is 2. The van der Waals surface area contributed by atoms with Gasteiger partial charge >= 0.3 is 21.8 Å². The van der Waals surface area contributed by atoms with Crippen LogP contribution in [0.4, 0.5) is 5.69 Å². The molecule has 12 heteroatoms. The van der Waals surface area contributed by atoms with Gasteiger partial charge in [-0.1, -0.05) is 11.6 Å². The molecule has 2 aromatic rings. The highest BCUT2D eigenvalue weighted by atomic mass is 35.5. The zero-order valence-electron chi connectivity index (χ0n) is 17.3. The van der Waals surface area contributed by atoms with Gasteiger partial charge in [0.05, 0.1) is 22.5 Å². The third kappa shape index (κ3) is 5.96. The van der Waals surface area contributed by atoms with Crippen molar-refractivity contribution in [1.29, 1.82) is 10.7 Å². The van der Waals surface area contributed by atoms with Crippen LogP contribution in [0.25, 0.3) is 0 Å². The second-order valence-electron chi connectivity index (χ2n) is 6.59. The summed E-state index contributed by atoms with van der Waals surface area (Å²) < 4.78 is 31.6. The van der Waals surface area contributed by atoms with Crippen molar-refractivity contribution < 1.29 is 22.9 Å². The molecule has 2 rings (SSSR count). The minimum atomic E-state index is -4.43. The number of pyridine rings is 1. The number of carboxylic acid groups (broad SMARTS) is 1. The number of anilines is 1. The summed E-state index contributed by atoms with van der Waals surface area (Å²) in [6, 6.07) is 7.75. The number of thioether (sulfide) groups is 1. The molecule has 0 aliphatic carbocycles. The average Bonchev–Trinajstić information content (AvgIpc) is 2.74. The van der Waals surface area contributed by atoms with Crippen LogP contribution in [-0.2, 0) is 14.8 Å². The first-order valence-corrected chi connectivity index (χ1v) is 11.7. The molecule has 0 saturated heterocycles. The fourth-order valence-corrected chi connectivity index (χ4v) is 5.02. The first-order valence-electron chi connectivity index (χ1n) is 8.89. The van der Waals surface area contributed by atoms with Crippen molar-refractivity contribution in [1.82, 2.24) is 0 Å². The monoisotopic (exact) mass is 492 g/mol. The standard InChI is InChI=1S/C20H18ClN5O4S2/c1-13-8-18(17(9-16(13)21)31-12-19(27)28)32(29,30)24-20(14(10-22)11-23)26-6-4-15(5-7-26)25(2)3/h4-9,22H,12H2,1-3H3/p+1. The van der Waals surface area contributed by atoms with E-state index in [2.05, 4.69) is 4.40 Å². The summed E-state index contributed by atoms with van der Waals surface area (Å²) in [5, 5.41) is 26.0. The predicted molar refractivity (Wildman–Crippen MR) is 122 cm³/mol. The van der Waals surface area contributed by atoms with E-state index in [9.17, 15) is 18.5 Å². The molecule has 0 bridgehead atoms. The number of hydrogen-bond acceptors (Lipinski definition) is 7. The number of nitrogens with zero attached hydrogens (tertiary/aromatic N) is 4. The van der Waals surface area contributed by atoms with Crippen molar-refractivity contribution in [2.45, 2.75) is 16.7 Å². The van der Waals surface area contributed by atoms with Gasteiger partial charge in [-0.05, 0) is 24.6 Å². The van der Waals surface area contributed by atoms with Crippen LogP contribution in [0.15, 0.2) is 56.4 Å². The summed E-state index contributed by atoms with van der Waals surface area (Å²) in [6.45, 7) is 1.60. The van der Waals surface area contributed by atoms with Gasteiger partial charge in [-0.15, -0.1) is 11.8 Å². The number of nitriles is 1. The summed E-state index contributed by atoms with van der Waals surface area (Å²) in [4.78, 5) is 12.7. The van der Waals surface area contributed by atoms with Gasteiger partial charge in [-0.3, -0.25) is 10.2 Å². The molecule has 0 aliphatic heterocycles. The van der Waals surface area contributed by atoms with E-state index in [1.165, 1.54) is 29.1 Å². The molecule has 1 heterocycles. The number of nitrogens with one attached hydrogen (secondary N) is 1. The molecule has 2 N–H and O–H groups in total. The summed E-state index contributed by atoms with van der Waals surface area (Å²) in [5.41, 5.74) is 0.871. The number of aliphatic carboxylic acids is 1.